The van der Waals surface area contributed by atoms with Gasteiger partial charge in [0.25, 0.3) is 5.91 Å². The van der Waals surface area contributed by atoms with Crippen LogP contribution in [0.4, 0.5) is 10.1 Å². The molecule has 0 radical (unpaired) electrons. The van der Waals surface area contributed by atoms with Crippen molar-refractivity contribution < 1.29 is 23.6 Å². The normalized spacial score (nSPS) is 17.7. The van der Waals surface area contributed by atoms with Crippen molar-refractivity contribution in [2.45, 2.75) is 19.8 Å². The summed E-state index contributed by atoms with van der Waals surface area (Å²) >= 11 is 0. The van der Waals surface area contributed by atoms with Crippen molar-refractivity contribution >= 4 is 17.6 Å². The molecule has 0 bridgehead atoms. The van der Waals surface area contributed by atoms with Crippen LogP contribution >= 0.6 is 0 Å². The first-order valence-corrected chi connectivity index (χ1v) is 7.34. The second-order valence-corrected chi connectivity index (χ2v) is 5.27. The Kier molecular flexibility index (Phi) is 5.25. The number of carbonyl (C=O) groups is 2. The van der Waals surface area contributed by atoms with E-state index in [2.05, 4.69) is 0 Å². The molecule has 23 heavy (non-hydrogen) atoms. The van der Waals surface area contributed by atoms with E-state index in [9.17, 15) is 24.1 Å². The molecule has 1 aliphatic heterocycles. The van der Waals surface area contributed by atoms with Crippen molar-refractivity contribution in [1.82, 2.24) is 4.90 Å². The summed E-state index contributed by atoms with van der Waals surface area (Å²) in [6, 6.07) is 3.04. The maximum Gasteiger partial charge on any atom is 0.310 e. The molecule has 0 saturated carbocycles. The van der Waals surface area contributed by atoms with E-state index >= 15 is 0 Å². The smallest absolute Gasteiger partial charge is 0.310 e. The number of amides is 1. The first-order valence-electron chi connectivity index (χ1n) is 7.34. The highest BCUT2D eigenvalue weighted by Crippen LogP contribution is 2.22. The lowest BCUT2D eigenvalue weighted by Gasteiger charge is -2.31. The molecule has 1 aromatic rings. The second-order valence-electron chi connectivity index (χ2n) is 5.27. The predicted octanol–water partition coefficient (Wildman–Crippen LogP) is 2.15. The molecule has 0 aromatic heterocycles. The highest BCUT2D eigenvalue weighted by molar-refractivity contribution is 5.94. The quantitative estimate of drug-likeness (QED) is 0.481. The largest absolute Gasteiger partial charge is 0.466 e. The van der Waals surface area contributed by atoms with Crippen molar-refractivity contribution in [3.8, 4) is 0 Å². The molecule has 1 saturated heterocycles. The summed E-state index contributed by atoms with van der Waals surface area (Å²) in [5.74, 6) is -2.25. The van der Waals surface area contributed by atoms with Crippen LogP contribution in [0.1, 0.15) is 30.1 Å². The minimum absolute atomic E-state index is 0.0256. The number of nitro groups is 1. The summed E-state index contributed by atoms with van der Waals surface area (Å²) in [4.78, 5) is 35.4. The average Bonchev–Trinajstić information content (AvgIpc) is 2.54. The molecule has 0 aliphatic carbocycles. The van der Waals surface area contributed by atoms with Gasteiger partial charge in [0.05, 0.1) is 17.4 Å². The zero-order chi connectivity index (χ0) is 17.0. The molecular weight excluding hydrogens is 307 g/mol. The van der Waals surface area contributed by atoms with Gasteiger partial charge in [-0.25, -0.2) is 0 Å². The minimum Gasteiger partial charge on any atom is -0.466 e. The number of nitro benzene ring substituents is 1. The number of esters is 1. The third kappa shape index (κ3) is 3.82. The summed E-state index contributed by atoms with van der Waals surface area (Å²) in [6.07, 6.45) is 1.28. The molecule has 8 heteroatoms. The van der Waals surface area contributed by atoms with Gasteiger partial charge in [0.15, 0.2) is 0 Å². The Morgan fingerprint density at radius 2 is 2.22 bits per heavy atom. The van der Waals surface area contributed by atoms with Crippen molar-refractivity contribution in [2.75, 3.05) is 19.7 Å². The third-order valence-corrected chi connectivity index (χ3v) is 3.72. The molecule has 1 unspecified atom stereocenters. The maximum atomic E-state index is 13.6. The van der Waals surface area contributed by atoms with Crippen LogP contribution in [0, 0.1) is 21.8 Å². The molecule has 124 valence electrons. The monoisotopic (exact) mass is 324 g/mol. The first-order chi connectivity index (χ1) is 10.9. The van der Waals surface area contributed by atoms with E-state index in [1.807, 2.05) is 0 Å². The highest BCUT2D eigenvalue weighted by atomic mass is 19.1. The van der Waals surface area contributed by atoms with Crippen LogP contribution in [-0.4, -0.2) is 41.4 Å². The fourth-order valence-corrected chi connectivity index (χ4v) is 2.58. The van der Waals surface area contributed by atoms with E-state index < -0.39 is 28.3 Å². The van der Waals surface area contributed by atoms with Gasteiger partial charge in [-0.2, -0.15) is 4.39 Å². The summed E-state index contributed by atoms with van der Waals surface area (Å²) in [7, 11) is 0. The number of nitrogens with zero attached hydrogens (tertiary/aromatic N) is 2. The van der Waals surface area contributed by atoms with Gasteiger partial charge in [0, 0.05) is 24.7 Å². The van der Waals surface area contributed by atoms with Crippen LogP contribution in [-0.2, 0) is 9.53 Å². The van der Waals surface area contributed by atoms with E-state index in [4.69, 9.17) is 4.74 Å². The van der Waals surface area contributed by atoms with Crippen molar-refractivity contribution in [1.29, 1.82) is 0 Å². The summed E-state index contributed by atoms with van der Waals surface area (Å²) in [5.41, 5.74) is -0.651. The minimum atomic E-state index is -1.06. The molecule has 7 nitrogen and oxygen atoms in total. The molecule has 1 fully saturated rings. The van der Waals surface area contributed by atoms with Crippen LogP contribution in [0.15, 0.2) is 18.2 Å². The Bertz CT molecular complexity index is 634. The highest BCUT2D eigenvalue weighted by Gasteiger charge is 2.30. The number of carbonyl (C=O) groups excluding carboxylic acids is 2. The maximum absolute atomic E-state index is 13.6. The molecule has 0 N–H and O–H groups in total. The predicted molar refractivity (Wildman–Crippen MR) is 78.3 cm³/mol. The van der Waals surface area contributed by atoms with Crippen molar-refractivity contribution in [3.63, 3.8) is 0 Å². The molecule has 2 rings (SSSR count). The number of hydrogen-bond acceptors (Lipinski definition) is 5. The van der Waals surface area contributed by atoms with E-state index in [0.29, 0.717) is 19.4 Å². The van der Waals surface area contributed by atoms with E-state index in [-0.39, 0.29) is 24.7 Å². The standard InChI is InChI=1S/C15H17FN2O5/c1-2-23-15(20)11-4-3-7-17(9-11)14(19)10-5-6-13(18(21)22)12(16)8-10/h5-6,8,11H,2-4,7,9H2,1H3. The third-order valence-electron chi connectivity index (χ3n) is 3.72. The Morgan fingerprint density at radius 3 is 2.83 bits per heavy atom. The number of piperidine rings is 1. The Labute approximate surface area is 132 Å². The van der Waals surface area contributed by atoms with Gasteiger partial charge in [-0.3, -0.25) is 19.7 Å². The molecule has 0 spiro atoms. The SMILES string of the molecule is CCOC(=O)C1CCCN(C(=O)c2ccc([N+](=O)[O-])c(F)c2)C1. The fraction of sp³-hybridized carbons (Fsp3) is 0.467. The van der Waals surface area contributed by atoms with Gasteiger partial charge >= 0.3 is 11.7 Å². The number of likely N-dealkylation sites (tertiary alicyclic amines) is 1. The zero-order valence-corrected chi connectivity index (χ0v) is 12.7. The lowest BCUT2D eigenvalue weighted by Crippen LogP contribution is -2.42. The van der Waals surface area contributed by atoms with Gasteiger partial charge in [-0.1, -0.05) is 0 Å². The van der Waals surface area contributed by atoms with E-state index in [1.165, 1.54) is 11.0 Å². The number of benzene rings is 1. The number of ether oxygens (including phenoxy) is 1. The van der Waals surface area contributed by atoms with Crippen LogP contribution < -0.4 is 0 Å². The van der Waals surface area contributed by atoms with Gasteiger partial charge in [-0.15, -0.1) is 0 Å². The van der Waals surface area contributed by atoms with Gasteiger partial charge in [0.2, 0.25) is 5.82 Å². The number of rotatable bonds is 4. The molecule has 1 atom stereocenters. The van der Waals surface area contributed by atoms with Crippen LogP contribution in [0.25, 0.3) is 0 Å². The Hall–Kier alpha value is -2.51. The summed E-state index contributed by atoms with van der Waals surface area (Å²) in [5, 5.41) is 10.6. The van der Waals surface area contributed by atoms with Crippen molar-refractivity contribution in [2.24, 2.45) is 5.92 Å². The number of halogens is 1. The van der Waals surface area contributed by atoms with Crippen LogP contribution in [0.3, 0.4) is 0 Å². The van der Waals surface area contributed by atoms with E-state index in [1.54, 1.807) is 6.92 Å². The van der Waals surface area contributed by atoms with E-state index in [0.717, 1.165) is 12.1 Å². The molecular formula is C15H17FN2O5. The van der Waals surface area contributed by atoms with Crippen molar-refractivity contribution in [3.05, 3.63) is 39.7 Å². The van der Waals surface area contributed by atoms with Crippen LogP contribution in [0.2, 0.25) is 0 Å². The van der Waals surface area contributed by atoms with Gasteiger partial charge in [-0.05, 0) is 31.9 Å². The number of hydrogen-bond donors (Lipinski definition) is 0. The Balaban J connectivity index is 2.12. The summed E-state index contributed by atoms with van der Waals surface area (Å²) in [6.45, 7) is 2.64. The molecule has 1 aliphatic rings. The zero-order valence-electron chi connectivity index (χ0n) is 12.7. The lowest BCUT2D eigenvalue weighted by atomic mass is 9.97. The second kappa shape index (κ2) is 7.17. The summed E-state index contributed by atoms with van der Waals surface area (Å²) < 4.78 is 18.6. The topological polar surface area (TPSA) is 89.8 Å². The lowest BCUT2D eigenvalue weighted by molar-refractivity contribution is -0.387. The molecule has 1 amide bonds. The molecule has 1 aromatic carbocycles. The van der Waals surface area contributed by atoms with Gasteiger partial charge < -0.3 is 9.64 Å². The molecule has 1 heterocycles. The fourth-order valence-electron chi connectivity index (χ4n) is 2.58. The Morgan fingerprint density at radius 1 is 1.48 bits per heavy atom. The first kappa shape index (κ1) is 16.9. The average molecular weight is 324 g/mol. The van der Waals surface area contributed by atoms with Gasteiger partial charge in [0.1, 0.15) is 0 Å². The van der Waals surface area contributed by atoms with Crippen LogP contribution in [0.5, 0.6) is 0 Å².